The number of carbonyl (C=O) groups excluding carboxylic acids is 2. The normalized spacial score (nSPS) is 11.8. The summed E-state index contributed by atoms with van der Waals surface area (Å²) < 4.78 is 1.61. The van der Waals surface area contributed by atoms with Gasteiger partial charge < -0.3 is 10.6 Å². The van der Waals surface area contributed by atoms with Gasteiger partial charge in [0.05, 0.1) is 6.54 Å². The highest BCUT2D eigenvalue weighted by molar-refractivity contribution is 5.94. The van der Waals surface area contributed by atoms with Crippen LogP contribution in [0.4, 0.5) is 0 Å². The van der Waals surface area contributed by atoms with Gasteiger partial charge in [0.1, 0.15) is 12.7 Å². The highest BCUT2D eigenvalue weighted by Gasteiger charge is 2.09. The van der Waals surface area contributed by atoms with Gasteiger partial charge in [-0.05, 0) is 31.0 Å². The molecule has 0 fully saturated rings. The fraction of sp³-hybridized carbons (Fsp3) is 0.412. The molecule has 0 aliphatic rings. The maximum absolute atomic E-state index is 12.1. The largest absolute Gasteiger partial charge is 0.352 e. The Hall–Kier alpha value is -2.70. The molecule has 7 nitrogen and oxygen atoms in total. The van der Waals surface area contributed by atoms with Gasteiger partial charge in [0.2, 0.25) is 5.91 Å². The summed E-state index contributed by atoms with van der Waals surface area (Å²) in [6, 6.07) is 7.42. The molecule has 0 bridgehead atoms. The first-order chi connectivity index (χ1) is 11.6. The van der Waals surface area contributed by atoms with Gasteiger partial charge in [-0.25, -0.2) is 4.98 Å². The van der Waals surface area contributed by atoms with Gasteiger partial charge in [-0.1, -0.05) is 19.1 Å². The molecule has 1 heterocycles. The molecule has 24 heavy (non-hydrogen) atoms. The number of rotatable bonds is 8. The van der Waals surface area contributed by atoms with Crippen LogP contribution in [-0.4, -0.2) is 32.6 Å². The van der Waals surface area contributed by atoms with Crippen molar-refractivity contribution in [3.63, 3.8) is 0 Å². The van der Waals surface area contributed by atoms with Gasteiger partial charge >= 0.3 is 0 Å². The van der Waals surface area contributed by atoms with Crippen molar-refractivity contribution in [2.45, 2.75) is 45.8 Å². The molecular weight excluding hydrogens is 306 g/mol. The van der Waals surface area contributed by atoms with Crippen LogP contribution in [0.25, 0.3) is 0 Å². The van der Waals surface area contributed by atoms with Crippen molar-refractivity contribution >= 4 is 11.8 Å². The molecule has 2 rings (SSSR count). The van der Waals surface area contributed by atoms with E-state index < -0.39 is 0 Å². The molecule has 0 spiro atoms. The summed E-state index contributed by atoms with van der Waals surface area (Å²) >= 11 is 0. The number of nitrogens with zero attached hydrogens (tertiary/aromatic N) is 3. The molecule has 7 heteroatoms. The number of nitrogens with one attached hydrogen (secondary N) is 2. The fourth-order valence-corrected chi connectivity index (χ4v) is 2.09. The third kappa shape index (κ3) is 5.49. The van der Waals surface area contributed by atoms with Gasteiger partial charge in [-0.15, -0.1) is 0 Å². The minimum atomic E-state index is -0.0938. The first-order valence-electron chi connectivity index (χ1n) is 8.07. The van der Waals surface area contributed by atoms with E-state index in [1.807, 2.05) is 26.0 Å². The van der Waals surface area contributed by atoms with Gasteiger partial charge in [0, 0.05) is 24.6 Å². The van der Waals surface area contributed by atoms with E-state index in [2.05, 4.69) is 20.7 Å². The lowest BCUT2D eigenvalue weighted by Gasteiger charge is -2.12. The molecule has 1 aromatic heterocycles. The summed E-state index contributed by atoms with van der Waals surface area (Å²) in [4.78, 5) is 27.8. The summed E-state index contributed by atoms with van der Waals surface area (Å²) in [5, 5.41) is 9.73. The number of aromatic nitrogens is 3. The Morgan fingerprint density at radius 2 is 2.17 bits per heavy atom. The predicted octanol–water partition coefficient (Wildman–Crippen LogP) is 1.51. The third-order valence-corrected chi connectivity index (χ3v) is 3.70. The molecular formula is C17H23N5O2. The number of benzene rings is 1. The Kier molecular flexibility index (Phi) is 6.48. The average Bonchev–Trinajstić information content (AvgIpc) is 3.11. The van der Waals surface area contributed by atoms with E-state index in [-0.39, 0.29) is 17.9 Å². The van der Waals surface area contributed by atoms with Crippen LogP contribution in [0.1, 0.15) is 42.6 Å². The smallest absolute Gasteiger partial charge is 0.251 e. The fourth-order valence-electron chi connectivity index (χ4n) is 2.09. The molecule has 1 atom stereocenters. The zero-order chi connectivity index (χ0) is 17.4. The SMILES string of the molecule is CCC(C)NC(=O)c1cccc(CNC(=O)CCn2cncn2)c1. The van der Waals surface area contributed by atoms with Gasteiger partial charge in [0.15, 0.2) is 0 Å². The lowest BCUT2D eigenvalue weighted by atomic mass is 10.1. The summed E-state index contributed by atoms with van der Waals surface area (Å²) in [6.45, 7) is 4.87. The zero-order valence-corrected chi connectivity index (χ0v) is 14.0. The summed E-state index contributed by atoms with van der Waals surface area (Å²) in [6.07, 6.45) is 4.23. The first kappa shape index (κ1) is 17.7. The molecule has 0 saturated carbocycles. The maximum Gasteiger partial charge on any atom is 0.251 e. The standard InChI is InChI=1S/C17H23N5O2/c1-3-13(2)21-17(24)15-6-4-5-14(9-15)10-19-16(23)7-8-22-12-18-11-20-22/h4-6,9,11-13H,3,7-8,10H2,1-2H3,(H,19,23)(H,21,24). The van der Waals surface area contributed by atoms with Gasteiger partial charge in [-0.3, -0.25) is 14.3 Å². The predicted molar refractivity (Wildman–Crippen MR) is 90.1 cm³/mol. The Balaban J connectivity index is 1.83. The van der Waals surface area contributed by atoms with Crippen molar-refractivity contribution in [2.75, 3.05) is 0 Å². The van der Waals surface area contributed by atoms with E-state index in [0.29, 0.717) is 25.1 Å². The summed E-state index contributed by atoms with van der Waals surface area (Å²) in [5.74, 6) is -0.163. The molecule has 2 aromatic rings. The lowest BCUT2D eigenvalue weighted by molar-refractivity contribution is -0.121. The van der Waals surface area contributed by atoms with E-state index in [1.165, 1.54) is 6.33 Å². The summed E-state index contributed by atoms with van der Waals surface area (Å²) in [5.41, 5.74) is 1.49. The molecule has 0 saturated heterocycles. The van der Waals surface area contributed by atoms with Crippen LogP contribution in [0.15, 0.2) is 36.9 Å². The van der Waals surface area contributed by atoms with Crippen LogP contribution >= 0.6 is 0 Å². The van der Waals surface area contributed by atoms with Crippen molar-refractivity contribution in [3.8, 4) is 0 Å². The quantitative estimate of drug-likeness (QED) is 0.768. The average molecular weight is 329 g/mol. The van der Waals surface area contributed by atoms with Crippen LogP contribution in [0, 0.1) is 0 Å². The number of carbonyl (C=O) groups is 2. The van der Waals surface area contributed by atoms with E-state index in [0.717, 1.165) is 12.0 Å². The first-order valence-corrected chi connectivity index (χ1v) is 8.07. The van der Waals surface area contributed by atoms with Gasteiger partial charge in [0.25, 0.3) is 5.91 Å². The zero-order valence-electron chi connectivity index (χ0n) is 14.0. The molecule has 0 aliphatic carbocycles. The Morgan fingerprint density at radius 3 is 2.88 bits per heavy atom. The van der Waals surface area contributed by atoms with E-state index in [4.69, 9.17) is 0 Å². The van der Waals surface area contributed by atoms with Crippen molar-refractivity contribution in [1.82, 2.24) is 25.4 Å². The molecule has 1 aromatic carbocycles. The molecule has 0 radical (unpaired) electrons. The topological polar surface area (TPSA) is 88.9 Å². The van der Waals surface area contributed by atoms with Crippen molar-refractivity contribution in [3.05, 3.63) is 48.0 Å². The molecule has 128 valence electrons. The van der Waals surface area contributed by atoms with Crippen LogP contribution in [0.2, 0.25) is 0 Å². The Morgan fingerprint density at radius 1 is 1.33 bits per heavy atom. The van der Waals surface area contributed by atoms with Crippen molar-refractivity contribution in [2.24, 2.45) is 0 Å². The lowest BCUT2D eigenvalue weighted by Crippen LogP contribution is -2.32. The molecule has 2 N–H and O–H groups in total. The summed E-state index contributed by atoms with van der Waals surface area (Å²) in [7, 11) is 0. The molecule has 2 amide bonds. The second-order valence-electron chi connectivity index (χ2n) is 5.67. The number of hydrogen-bond donors (Lipinski definition) is 2. The van der Waals surface area contributed by atoms with Crippen molar-refractivity contribution in [1.29, 1.82) is 0 Å². The Labute approximate surface area is 141 Å². The number of aryl methyl sites for hydroxylation is 1. The van der Waals surface area contributed by atoms with Crippen LogP contribution in [-0.2, 0) is 17.9 Å². The van der Waals surface area contributed by atoms with E-state index >= 15 is 0 Å². The minimum Gasteiger partial charge on any atom is -0.352 e. The van der Waals surface area contributed by atoms with E-state index in [1.54, 1.807) is 23.1 Å². The highest BCUT2D eigenvalue weighted by atomic mass is 16.2. The maximum atomic E-state index is 12.1. The second kappa shape index (κ2) is 8.81. The van der Waals surface area contributed by atoms with Crippen LogP contribution in [0.3, 0.4) is 0 Å². The van der Waals surface area contributed by atoms with Crippen LogP contribution < -0.4 is 10.6 Å². The van der Waals surface area contributed by atoms with Crippen LogP contribution in [0.5, 0.6) is 0 Å². The van der Waals surface area contributed by atoms with Crippen molar-refractivity contribution < 1.29 is 9.59 Å². The number of amides is 2. The third-order valence-electron chi connectivity index (χ3n) is 3.70. The number of hydrogen-bond acceptors (Lipinski definition) is 4. The Bertz CT molecular complexity index is 669. The van der Waals surface area contributed by atoms with E-state index in [9.17, 15) is 9.59 Å². The minimum absolute atomic E-state index is 0.0695. The molecule has 0 aliphatic heterocycles. The highest BCUT2D eigenvalue weighted by Crippen LogP contribution is 2.06. The molecule has 1 unspecified atom stereocenters. The van der Waals surface area contributed by atoms with Gasteiger partial charge in [-0.2, -0.15) is 5.10 Å². The second-order valence-corrected chi connectivity index (χ2v) is 5.67. The monoisotopic (exact) mass is 329 g/mol.